The van der Waals surface area contributed by atoms with Gasteiger partial charge < -0.3 is 15.4 Å². The second-order valence-electron chi connectivity index (χ2n) is 2.62. The van der Waals surface area contributed by atoms with Crippen LogP contribution < -0.4 is 11.2 Å². The monoisotopic (exact) mass is 168 g/mol. The minimum Gasteiger partial charge on any atom is -0.390 e. The molecule has 1 aromatic rings. The van der Waals surface area contributed by atoms with Crippen molar-refractivity contribution >= 4 is 0 Å². The fraction of sp³-hybridized carbons (Fsp3) is 0.375. The minimum atomic E-state index is -0.549. The van der Waals surface area contributed by atoms with Crippen LogP contribution in [0.25, 0.3) is 0 Å². The van der Waals surface area contributed by atoms with Crippen LogP contribution in [0, 0.1) is 0 Å². The molecule has 1 unspecified atom stereocenters. The Balaban J connectivity index is 2.64. The van der Waals surface area contributed by atoms with Crippen LogP contribution in [0.1, 0.15) is 0 Å². The fourth-order valence-electron chi connectivity index (χ4n) is 0.883. The van der Waals surface area contributed by atoms with E-state index in [9.17, 15) is 4.79 Å². The number of aliphatic hydroxyl groups is 1. The molecule has 1 aromatic heterocycles. The maximum absolute atomic E-state index is 10.7. The molecule has 0 saturated carbocycles. The van der Waals surface area contributed by atoms with Gasteiger partial charge in [-0.3, -0.25) is 4.79 Å². The minimum absolute atomic E-state index is 0.0338. The summed E-state index contributed by atoms with van der Waals surface area (Å²) in [7, 11) is 0. The first-order valence-corrected chi connectivity index (χ1v) is 3.76. The van der Waals surface area contributed by atoms with Crippen LogP contribution >= 0.6 is 0 Å². The second-order valence-corrected chi connectivity index (χ2v) is 2.62. The molecule has 12 heavy (non-hydrogen) atoms. The molecule has 4 heteroatoms. The molecule has 0 aliphatic heterocycles. The maximum atomic E-state index is 10.7. The van der Waals surface area contributed by atoms with Crippen molar-refractivity contribution in [2.45, 2.75) is 12.6 Å². The van der Waals surface area contributed by atoms with Crippen molar-refractivity contribution in [1.82, 2.24) is 4.57 Å². The molecule has 0 fully saturated rings. The van der Waals surface area contributed by atoms with E-state index in [4.69, 9.17) is 10.8 Å². The van der Waals surface area contributed by atoms with Crippen LogP contribution in [0.15, 0.2) is 29.3 Å². The third-order valence-electron chi connectivity index (χ3n) is 1.55. The van der Waals surface area contributed by atoms with E-state index in [-0.39, 0.29) is 12.0 Å². The zero-order valence-corrected chi connectivity index (χ0v) is 6.68. The van der Waals surface area contributed by atoms with E-state index in [0.29, 0.717) is 6.54 Å². The summed E-state index contributed by atoms with van der Waals surface area (Å²) < 4.78 is 1.72. The number of aliphatic hydroxyl groups excluding tert-OH is 1. The molecule has 0 aliphatic rings. The summed E-state index contributed by atoms with van der Waals surface area (Å²) in [6.45, 7) is 0.656. The van der Waals surface area contributed by atoms with Crippen molar-refractivity contribution in [1.29, 1.82) is 0 Å². The van der Waals surface area contributed by atoms with Crippen molar-refractivity contribution in [2.24, 2.45) is 5.73 Å². The highest BCUT2D eigenvalue weighted by atomic mass is 16.3. The summed E-state index contributed by atoms with van der Waals surface area (Å²) in [6, 6.07) is 2.90. The van der Waals surface area contributed by atoms with Gasteiger partial charge in [-0.15, -0.1) is 0 Å². The highest BCUT2D eigenvalue weighted by molar-refractivity contribution is 4.93. The van der Waals surface area contributed by atoms with Crippen LogP contribution in [0.5, 0.6) is 0 Å². The fourth-order valence-corrected chi connectivity index (χ4v) is 0.883. The van der Waals surface area contributed by atoms with Gasteiger partial charge in [-0.05, 0) is 0 Å². The smallest absolute Gasteiger partial charge is 0.181 e. The number of hydrogen-bond donors (Lipinski definition) is 2. The highest BCUT2D eigenvalue weighted by Gasteiger charge is 1.99. The summed E-state index contributed by atoms with van der Waals surface area (Å²) >= 11 is 0. The predicted octanol–water partition coefficient (Wildman–Crippen LogP) is -0.832. The molecule has 0 spiro atoms. The standard InChI is InChI=1S/C8H12N2O2/c9-5-8(12)6-10-3-1-7(11)2-4-10/h1-4,8,12H,5-6,9H2. The van der Waals surface area contributed by atoms with Crippen LogP contribution in [-0.2, 0) is 6.54 Å². The maximum Gasteiger partial charge on any atom is 0.181 e. The number of hydrogen-bond acceptors (Lipinski definition) is 3. The summed E-state index contributed by atoms with van der Waals surface area (Å²) in [6.07, 6.45) is 2.70. The average Bonchev–Trinajstić information content (AvgIpc) is 2.09. The lowest BCUT2D eigenvalue weighted by molar-refractivity contribution is 0.162. The Bertz CT molecular complexity index is 275. The van der Waals surface area contributed by atoms with Crippen molar-refractivity contribution in [3.05, 3.63) is 34.7 Å². The molecular weight excluding hydrogens is 156 g/mol. The van der Waals surface area contributed by atoms with Gasteiger partial charge in [0, 0.05) is 37.6 Å². The predicted molar refractivity (Wildman–Crippen MR) is 45.8 cm³/mol. The van der Waals surface area contributed by atoms with Gasteiger partial charge in [0.2, 0.25) is 0 Å². The van der Waals surface area contributed by atoms with Gasteiger partial charge in [0.1, 0.15) is 0 Å². The molecule has 0 bridgehead atoms. The molecule has 4 nitrogen and oxygen atoms in total. The van der Waals surface area contributed by atoms with Gasteiger partial charge in [0.05, 0.1) is 6.10 Å². The lowest BCUT2D eigenvalue weighted by atomic mass is 10.3. The zero-order valence-electron chi connectivity index (χ0n) is 6.68. The molecule has 0 saturated heterocycles. The molecule has 0 aromatic carbocycles. The van der Waals surface area contributed by atoms with Gasteiger partial charge in [0.15, 0.2) is 5.43 Å². The van der Waals surface area contributed by atoms with E-state index >= 15 is 0 Å². The number of pyridine rings is 1. The van der Waals surface area contributed by atoms with Crippen molar-refractivity contribution in [3.8, 4) is 0 Å². The van der Waals surface area contributed by atoms with Crippen molar-refractivity contribution in [3.63, 3.8) is 0 Å². The molecule has 1 rings (SSSR count). The molecule has 66 valence electrons. The number of rotatable bonds is 3. The van der Waals surface area contributed by atoms with E-state index in [1.165, 1.54) is 12.1 Å². The van der Waals surface area contributed by atoms with E-state index < -0.39 is 6.10 Å². The number of nitrogens with zero attached hydrogens (tertiary/aromatic N) is 1. The molecule has 0 aliphatic carbocycles. The third-order valence-corrected chi connectivity index (χ3v) is 1.55. The first kappa shape index (κ1) is 8.96. The first-order chi connectivity index (χ1) is 5.72. The normalized spacial score (nSPS) is 12.8. The molecule has 3 N–H and O–H groups in total. The largest absolute Gasteiger partial charge is 0.390 e. The van der Waals surface area contributed by atoms with E-state index in [1.54, 1.807) is 17.0 Å². The van der Waals surface area contributed by atoms with Crippen LogP contribution in [0.4, 0.5) is 0 Å². The van der Waals surface area contributed by atoms with E-state index in [1.807, 2.05) is 0 Å². The lowest BCUT2D eigenvalue weighted by Crippen LogP contribution is -2.25. The summed E-state index contributed by atoms with van der Waals surface area (Å²) in [5.74, 6) is 0. The Morgan fingerprint density at radius 1 is 1.50 bits per heavy atom. The Morgan fingerprint density at radius 2 is 2.08 bits per heavy atom. The quantitative estimate of drug-likeness (QED) is 0.619. The van der Waals surface area contributed by atoms with Gasteiger partial charge in [0.25, 0.3) is 0 Å². The number of aromatic nitrogens is 1. The van der Waals surface area contributed by atoms with Crippen LogP contribution in [0.2, 0.25) is 0 Å². The molecule has 0 radical (unpaired) electrons. The Morgan fingerprint density at radius 3 is 2.58 bits per heavy atom. The molecular formula is C8H12N2O2. The number of nitrogens with two attached hydrogens (primary N) is 1. The molecule has 0 amide bonds. The first-order valence-electron chi connectivity index (χ1n) is 3.76. The van der Waals surface area contributed by atoms with E-state index in [2.05, 4.69) is 0 Å². The Hall–Kier alpha value is -1.13. The molecule has 1 heterocycles. The zero-order chi connectivity index (χ0) is 8.97. The Kier molecular flexibility index (Phi) is 3.01. The van der Waals surface area contributed by atoms with Crippen LogP contribution in [0.3, 0.4) is 0 Å². The third kappa shape index (κ3) is 2.48. The van der Waals surface area contributed by atoms with Crippen molar-refractivity contribution < 1.29 is 5.11 Å². The second kappa shape index (κ2) is 4.04. The van der Waals surface area contributed by atoms with Gasteiger partial charge >= 0.3 is 0 Å². The average molecular weight is 168 g/mol. The Labute approximate surface area is 70.3 Å². The highest BCUT2D eigenvalue weighted by Crippen LogP contribution is 1.88. The van der Waals surface area contributed by atoms with Gasteiger partial charge in [-0.25, -0.2) is 0 Å². The van der Waals surface area contributed by atoms with Crippen molar-refractivity contribution in [2.75, 3.05) is 6.54 Å². The SMILES string of the molecule is NCC(O)Cn1ccc(=O)cc1. The molecule has 1 atom stereocenters. The van der Waals surface area contributed by atoms with Gasteiger partial charge in [-0.2, -0.15) is 0 Å². The summed E-state index contributed by atoms with van der Waals surface area (Å²) in [5.41, 5.74) is 5.19. The van der Waals surface area contributed by atoms with E-state index in [0.717, 1.165) is 0 Å². The topological polar surface area (TPSA) is 68.2 Å². The van der Waals surface area contributed by atoms with Crippen LogP contribution in [-0.4, -0.2) is 22.3 Å². The van der Waals surface area contributed by atoms with Gasteiger partial charge in [-0.1, -0.05) is 0 Å². The summed E-state index contributed by atoms with van der Waals surface area (Å²) in [4.78, 5) is 10.7. The lowest BCUT2D eigenvalue weighted by Gasteiger charge is -2.09. The summed E-state index contributed by atoms with van der Waals surface area (Å²) in [5, 5.41) is 9.16.